The molecular formula is C28H58N2Si. The summed E-state index contributed by atoms with van der Waals surface area (Å²) >= 11 is 0. The van der Waals surface area contributed by atoms with Gasteiger partial charge in [0.2, 0.25) is 0 Å². The van der Waals surface area contributed by atoms with E-state index >= 15 is 0 Å². The highest BCUT2D eigenvalue weighted by atomic mass is 28.3. The molecule has 2 N–H and O–H groups in total. The lowest BCUT2D eigenvalue weighted by Gasteiger charge is -2.45. The zero-order valence-electron chi connectivity index (χ0n) is 22.9. The molecule has 2 fully saturated rings. The molecule has 3 heteroatoms. The third kappa shape index (κ3) is 7.57. The zero-order chi connectivity index (χ0) is 23.3. The smallest absolute Gasteiger partial charge is 0.0773 e. The molecule has 0 heterocycles. The van der Waals surface area contributed by atoms with Gasteiger partial charge in [-0.1, -0.05) is 81.3 Å². The van der Waals surface area contributed by atoms with Gasteiger partial charge in [0.1, 0.15) is 0 Å². The van der Waals surface area contributed by atoms with E-state index in [4.69, 9.17) is 0 Å². The maximum atomic E-state index is 4.20. The molecule has 4 atom stereocenters. The second-order valence-electron chi connectivity index (χ2n) is 13.5. The predicted molar refractivity (Wildman–Crippen MR) is 142 cm³/mol. The van der Waals surface area contributed by atoms with Crippen LogP contribution in [0.1, 0.15) is 93.9 Å². The third-order valence-electron chi connectivity index (χ3n) is 9.05. The van der Waals surface area contributed by atoms with E-state index < -0.39 is 8.07 Å². The normalized spacial score (nSPS) is 33.1. The molecule has 0 aliphatic heterocycles. The van der Waals surface area contributed by atoms with Gasteiger partial charge in [-0.05, 0) is 85.4 Å². The van der Waals surface area contributed by atoms with Crippen LogP contribution in [0.4, 0.5) is 0 Å². The molecule has 0 spiro atoms. The summed E-state index contributed by atoms with van der Waals surface area (Å²) in [6.45, 7) is 24.8. The molecule has 4 unspecified atom stereocenters. The van der Waals surface area contributed by atoms with Crippen LogP contribution in [-0.4, -0.2) is 32.5 Å². The molecule has 184 valence electrons. The maximum absolute atomic E-state index is 4.20. The SMILES string of the molecule is CC(C)C1CCCC(C(C)C)C1NC[Si](C)(C)CNC1C(C(C)C)CCCC1C(C)C. The average Bonchev–Trinajstić information content (AvgIpc) is 2.69. The van der Waals surface area contributed by atoms with Crippen molar-refractivity contribution in [1.82, 2.24) is 10.6 Å². The lowest BCUT2D eigenvalue weighted by molar-refractivity contribution is 0.115. The molecule has 2 aliphatic rings. The summed E-state index contributed by atoms with van der Waals surface area (Å²) in [5, 5.41) is 8.40. The van der Waals surface area contributed by atoms with Crippen LogP contribution >= 0.6 is 0 Å². The molecule has 2 nitrogen and oxygen atoms in total. The van der Waals surface area contributed by atoms with Gasteiger partial charge in [-0.25, -0.2) is 0 Å². The summed E-state index contributed by atoms with van der Waals surface area (Å²) in [7, 11) is -1.35. The van der Waals surface area contributed by atoms with Gasteiger partial charge >= 0.3 is 0 Å². The average molecular weight is 451 g/mol. The van der Waals surface area contributed by atoms with Crippen LogP contribution in [0.15, 0.2) is 0 Å². The Balaban J connectivity index is 2.02. The molecule has 0 saturated heterocycles. The Morgan fingerprint density at radius 2 is 0.806 bits per heavy atom. The highest BCUT2D eigenvalue weighted by Gasteiger charge is 2.39. The van der Waals surface area contributed by atoms with Crippen molar-refractivity contribution < 1.29 is 0 Å². The Hall–Kier alpha value is 0.137. The minimum atomic E-state index is -1.35. The van der Waals surface area contributed by atoms with Gasteiger partial charge in [-0.2, -0.15) is 0 Å². The first kappa shape index (κ1) is 27.4. The minimum Gasteiger partial charge on any atom is -0.316 e. The lowest BCUT2D eigenvalue weighted by Crippen LogP contribution is -2.59. The van der Waals surface area contributed by atoms with E-state index in [0.29, 0.717) is 0 Å². The minimum absolute atomic E-state index is 0.724. The monoisotopic (exact) mass is 450 g/mol. The summed E-state index contributed by atoms with van der Waals surface area (Å²) in [5.41, 5.74) is 0. The second kappa shape index (κ2) is 12.0. The highest BCUT2D eigenvalue weighted by molar-refractivity contribution is 6.77. The highest BCUT2D eigenvalue weighted by Crippen LogP contribution is 2.39. The van der Waals surface area contributed by atoms with E-state index in [1.807, 2.05) is 0 Å². The number of hydrogen-bond donors (Lipinski definition) is 2. The van der Waals surface area contributed by atoms with E-state index in [9.17, 15) is 0 Å². The van der Waals surface area contributed by atoms with Crippen molar-refractivity contribution in [3.63, 3.8) is 0 Å². The van der Waals surface area contributed by atoms with Gasteiger partial charge in [-0.3, -0.25) is 0 Å². The standard InChI is InChI=1S/C28H58N2Si/c1-19(2)23-13-11-14-24(20(3)4)27(23)29-17-31(9,10)18-30-28-25(21(5)6)15-12-16-26(28)22(7)8/h19-30H,11-18H2,1-10H3. The number of rotatable bonds is 10. The first-order valence-corrected chi connectivity index (χ1v) is 17.3. The van der Waals surface area contributed by atoms with Gasteiger partial charge in [0, 0.05) is 12.1 Å². The van der Waals surface area contributed by atoms with E-state index in [1.165, 1.54) is 50.9 Å². The molecule has 0 aromatic carbocycles. The number of hydrogen-bond acceptors (Lipinski definition) is 2. The van der Waals surface area contributed by atoms with E-state index in [0.717, 1.165) is 59.4 Å². The maximum Gasteiger partial charge on any atom is 0.0773 e. The Bertz CT molecular complexity index is 437. The summed E-state index contributed by atoms with van der Waals surface area (Å²) in [6, 6.07) is 1.45. The van der Waals surface area contributed by atoms with Crippen molar-refractivity contribution in [2.24, 2.45) is 47.3 Å². The topological polar surface area (TPSA) is 24.1 Å². The molecule has 0 aromatic rings. The van der Waals surface area contributed by atoms with E-state index in [2.05, 4.69) is 79.1 Å². The third-order valence-corrected chi connectivity index (χ3v) is 11.4. The first-order valence-electron chi connectivity index (χ1n) is 13.9. The van der Waals surface area contributed by atoms with Gasteiger partial charge < -0.3 is 10.6 Å². The van der Waals surface area contributed by atoms with Crippen LogP contribution in [-0.2, 0) is 0 Å². The zero-order valence-corrected chi connectivity index (χ0v) is 23.9. The van der Waals surface area contributed by atoms with E-state index in [1.54, 1.807) is 0 Å². The molecule has 0 bridgehead atoms. The summed E-state index contributed by atoms with van der Waals surface area (Å²) in [5.74, 6) is 6.60. The fraction of sp³-hybridized carbons (Fsp3) is 1.00. The molecule has 0 amide bonds. The molecular weight excluding hydrogens is 392 g/mol. The van der Waals surface area contributed by atoms with Crippen molar-refractivity contribution >= 4 is 8.07 Å². The Morgan fingerprint density at radius 3 is 1.03 bits per heavy atom. The van der Waals surface area contributed by atoms with Crippen LogP contribution in [0.5, 0.6) is 0 Å². The quantitative estimate of drug-likeness (QED) is 0.345. The van der Waals surface area contributed by atoms with Crippen LogP contribution < -0.4 is 10.6 Å². The molecule has 2 aliphatic carbocycles. The molecule has 31 heavy (non-hydrogen) atoms. The molecule has 0 aromatic heterocycles. The Morgan fingerprint density at radius 1 is 0.548 bits per heavy atom. The van der Waals surface area contributed by atoms with Crippen molar-refractivity contribution in [3.8, 4) is 0 Å². The van der Waals surface area contributed by atoms with Crippen molar-refractivity contribution in [1.29, 1.82) is 0 Å². The summed E-state index contributed by atoms with van der Waals surface area (Å²) < 4.78 is 0. The van der Waals surface area contributed by atoms with Crippen LogP contribution in [0.2, 0.25) is 13.1 Å². The molecule has 0 radical (unpaired) electrons. The van der Waals surface area contributed by atoms with Gasteiger partial charge in [-0.15, -0.1) is 0 Å². The first-order chi connectivity index (χ1) is 14.4. The largest absolute Gasteiger partial charge is 0.316 e. The number of nitrogens with one attached hydrogen (secondary N) is 2. The Labute approximate surface area is 197 Å². The lowest BCUT2D eigenvalue weighted by atomic mass is 9.68. The molecule has 2 saturated carbocycles. The molecule has 2 rings (SSSR count). The second-order valence-corrected chi connectivity index (χ2v) is 18.5. The summed E-state index contributed by atoms with van der Waals surface area (Å²) in [4.78, 5) is 0. The van der Waals surface area contributed by atoms with Crippen LogP contribution in [0.3, 0.4) is 0 Å². The fourth-order valence-corrected chi connectivity index (χ4v) is 8.68. The van der Waals surface area contributed by atoms with E-state index in [-0.39, 0.29) is 0 Å². The Kier molecular flexibility index (Phi) is 10.6. The van der Waals surface area contributed by atoms with Crippen LogP contribution in [0.25, 0.3) is 0 Å². The van der Waals surface area contributed by atoms with Gasteiger partial charge in [0.15, 0.2) is 0 Å². The van der Waals surface area contributed by atoms with Crippen LogP contribution in [0, 0.1) is 47.3 Å². The van der Waals surface area contributed by atoms with Crippen molar-refractivity contribution in [3.05, 3.63) is 0 Å². The fourth-order valence-electron chi connectivity index (χ4n) is 6.98. The summed E-state index contributed by atoms with van der Waals surface area (Å²) in [6.07, 6.45) is 11.1. The van der Waals surface area contributed by atoms with Gasteiger partial charge in [0.05, 0.1) is 8.07 Å². The van der Waals surface area contributed by atoms with Crippen molar-refractivity contribution in [2.45, 2.75) is 119 Å². The van der Waals surface area contributed by atoms with Crippen molar-refractivity contribution in [2.75, 3.05) is 12.3 Å². The predicted octanol–water partition coefficient (Wildman–Crippen LogP) is 7.15. The van der Waals surface area contributed by atoms with Gasteiger partial charge in [0.25, 0.3) is 0 Å².